The fourth-order valence-corrected chi connectivity index (χ4v) is 1.18. The van der Waals surface area contributed by atoms with Crippen molar-refractivity contribution in [3.63, 3.8) is 0 Å². The SMILES string of the molecule is NC(=O)CCNCC(=O)Nc1cccc(F)c1. The number of halogens is 1. The van der Waals surface area contributed by atoms with Gasteiger partial charge in [0, 0.05) is 18.7 Å². The molecular formula is C11H14FN3O2. The third-order valence-corrected chi connectivity index (χ3v) is 1.94. The molecule has 0 saturated carbocycles. The monoisotopic (exact) mass is 239 g/mol. The van der Waals surface area contributed by atoms with Crippen LogP contribution >= 0.6 is 0 Å². The minimum Gasteiger partial charge on any atom is -0.370 e. The van der Waals surface area contributed by atoms with Crippen molar-refractivity contribution >= 4 is 17.5 Å². The maximum atomic E-state index is 12.8. The van der Waals surface area contributed by atoms with Crippen LogP contribution in [0.5, 0.6) is 0 Å². The summed E-state index contributed by atoms with van der Waals surface area (Å²) in [6, 6.07) is 5.61. The normalized spacial score (nSPS) is 9.94. The third-order valence-electron chi connectivity index (χ3n) is 1.94. The first-order chi connectivity index (χ1) is 8.08. The maximum Gasteiger partial charge on any atom is 0.238 e. The molecule has 1 aromatic rings. The van der Waals surface area contributed by atoms with Crippen LogP contribution in [0.4, 0.5) is 10.1 Å². The molecule has 1 aromatic carbocycles. The lowest BCUT2D eigenvalue weighted by molar-refractivity contribution is -0.118. The molecule has 0 spiro atoms. The quantitative estimate of drug-likeness (QED) is 0.621. The molecule has 4 N–H and O–H groups in total. The van der Waals surface area contributed by atoms with Crippen LogP contribution in [0, 0.1) is 5.82 Å². The van der Waals surface area contributed by atoms with Crippen LogP contribution in [0.3, 0.4) is 0 Å². The minimum atomic E-state index is -0.428. The molecule has 0 unspecified atom stereocenters. The maximum absolute atomic E-state index is 12.8. The molecule has 0 aromatic heterocycles. The number of hydrogen-bond donors (Lipinski definition) is 3. The Morgan fingerprint density at radius 3 is 2.76 bits per heavy atom. The lowest BCUT2D eigenvalue weighted by Gasteiger charge is -2.05. The van der Waals surface area contributed by atoms with Gasteiger partial charge in [-0.1, -0.05) is 6.07 Å². The molecule has 0 aliphatic heterocycles. The Morgan fingerprint density at radius 2 is 2.12 bits per heavy atom. The van der Waals surface area contributed by atoms with Gasteiger partial charge in [-0.05, 0) is 18.2 Å². The van der Waals surface area contributed by atoms with Gasteiger partial charge >= 0.3 is 0 Å². The smallest absolute Gasteiger partial charge is 0.238 e. The van der Waals surface area contributed by atoms with Crippen LogP contribution in [0.1, 0.15) is 6.42 Å². The van der Waals surface area contributed by atoms with E-state index >= 15 is 0 Å². The van der Waals surface area contributed by atoms with E-state index in [0.29, 0.717) is 12.2 Å². The van der Waals surface area contributed by atoms with Gasteiger partial charge in [-0.2, -0.15) is 0 Å². The standard InChI is InChI=1S/C11H14FN3O2/c12-8-2-1-3-9(6-8)15-11(17)7-14-5-4-10(13)16/h1-3,6,14H,4-5,7H2,(H2,13,16)(H,15,17). The topological polar surface area (TPSA) is 84.2 Å². The van der Waals surface area contributed by atoms with Crippen LogP contribution in [0.2, 0.25) is 0 Å². The zero-order valence-corrected chi connectivity index (χ0v) is 9.20. The number of rotatable bonds is 6. The van der Waals surface area contributed by atoms with Crippen LogP contribution in [0.15, 0.2) is 24.3 Å². The van der Waals surface area contributed by atoms with E-state index in [0.717, 1.165) is 0 Å². The van der Waals surface area contributed by atoms with Gasteiger partial charge in [0.15, 0.2) is 0 Å². The van der Waals surface area contributed by atoms with E-state index in [1.807, 2.05) is 0 Å². The van der Waals surface area contributed by atoms with Crippen molar-refractivity contribution in [3.05, 3.63) is 30.1 Å². The number of hydrogen-bond acceptors (Lipinski definition) is 3. The third kappa shape index (κ3) is 5.62. The van der Waals surface area contributed by atoms with E-state index in [1.54, 1.807) is 6.07 Å². The van der Waals surface area contributed by atoms with Gasteiger partial charge < -0.3 is 16.4 Å². The molecule has 0 saturated heterocycles. The number of carbonyl (C=O) groups excluding carboxylic acids is 2. The Labute approximate surface area is 98.2 Å². The van der Waals surface area contributed by atoms with Crippen molar-refractivity contribution in [1.82, 2.24) is 5.32 Å². The summed E-state index contributed by atoms with van der Waals surface area (Å²) in [7, 11) is 0. The van der Waals surface area contributed by atoms with Crippen LogP contribution in [0.25, 0.3) is 0 Å². The minimum absolute atomic E-state index is 0.0454. The molecule has 0 fully saturated rings. The molecule has 1 rings (SSSR count). The van der Waals surface area contributed by atoms with E-state index in [1.165, 1.54) is 18.2 Å². The lowest BCUT2D eigenvalue weighted by atomic mass is 10.3. The zero-order valence-electron chi connectivity index (χ0n) is 9.20. The first kappa shape index (κ1) is 13.1. The molecule has 92 valence electrons. The van der Waals surface area contributed by atoms with Gasteiger partial charge in [0.25, 0.3) is 0 Å². The number of amides is 2. The molecular weight excluding hydrogens is 225 g/mol. The highest BCUT2D eigenvalue weighted by Crippen LogP contribution is 2.08. The zero-order chi connectivity index (χ0) is 12.7. The molecule has 6 heteroatoms. The fourth-order valence-electron chi connectivity index (χ4n) is 1.18. The first-order valence-electron chi connectivity index (χ1n) is 5.12. The van der Waals surface area contributed by atoms with Gasteiger partial charge in [-0.3, -0.25) is 9.59 Å². The molecule has 0 aliphatic rings. The number of nitrogens with two attached hydrogens (primary N) is 1. The van der Waals surface area contributed by atoms with Gasteiger partial charge in [-0.15, -0.1) is 0 Å². The average Bonchev–Trinajstić information content (AvgIpc) is 2.24. The number of benzene rings is 1. The molecule has 0 heterocycles. The van der Waals surface area contributed by atoms with Crippen molar-refractivity contribution in [2.24, 2.45) is 5.73 Å². The van der Waals surface area contributed by atoms with E-state index in [-0.39, 0.29) is 18.9 Å². The lowest BCUT2D eigenvalue weighted by Crippen LogP contribution is -2.30. The summed E-state index contributed by atoms with van der Waals surface area (Å²) in [6.07, 6.45) is 0.174. The highest BCUT2D eigenvalue weighted by Gasteiger charge is 2.02. The van der Waals surface area contributed by atoms with Gasteiger partial charge in [0.2, 0.25) is 11.8 Å². The van der Waals surface area contributed by atoms with Crippen molar-refractivity contribution in [3.8, 4) is 0 Å². The Kier molecular flexibility index (Phi) is 5.09. The molecule has 0 radical (unpaired) electrons. The second kappa shape index (κ2) is 6.59. The van der Waals surface area contributed by atoms with E-state index in [4.69, 9.17) is 5.73 Å². The number of nitrogens with one attached hydrogen (secondary N) is 2. The van der Waals surface area contributed by atoms with Gasteiger partial charge in [0.1, 0.15) is 5.82 Å². The summed E-state index contributed by atoms with van der Waals surface area (Å²) >= 11 is 0. The Hall–Kier alpha value is -1.95. The van der Waals surface area contributed by atoms with Crippen molar-refractivity contribution in [2.75, 3.05) is 18.4 Å². The van der Waals surface area contributed by atoms with E-state index in [2.05, 4.69) is 10.6 Å². The summed E-state index contributed by atoms with van der Waals surface area (Å²) < 4.78 is 12.8. The fraction of sp³-hybridized carbons (Fsp3) is 0.273. The van der Waals surface area contributed by atoms with Crippen LogP contribution in [-0.4, -0.2) is 24.9 Å². The number of carbonyl (C=O) groups is 2. The summed E-state index contributed by atoms with van der Waals surface area (Å²) in [5.41, 5.74) is 5.32. The first-order valence-corrected chi connectivity index (χ1v) is 5.12. The van der Waals surface area contributed by atoms with Crippen molar-refractivity contribution < 1.29 is 14.0 Å². The average molecular weight is 239 g/mol. The molecule has 0 aliphatic carbocycles. The van der Waals surface area contributed by atoms with E-state index < -0.39 is 11.7 Å². The Bertz CT molecular complexity index is 409. The predicted octanol–water partition coefficient (Wildman–Crippen LogP) is 0.229. The molecule has 5 nitrogen and oxygen atoms in total. The molecule has 17 heavy (non-hydrogen) atoms. The number of anilines is 1. The summed E-state index contributed by atoms with van der Waals surface area (Å²) in [5.74, 6) is -1.15. The Balaban J connectivity index is 2.27. The predicted molar refractivity (Wildman–Crippen MR) is 61.7 cm³/mol. The molecule has 0 bridgehead atoms. The van der Waals surface area contributed by atoms with E-state index in [9.17, 15) is 14.0 Å². The van der Waals surface area contributed by atoms with Crippen LogP contribution < -0.4 is 16.4 Å². The molecule has 2 amide bonds. The van der Waals surface area contributed by atoms with Crippen LogP contribution in [-0.2, 0) is 9.59 Å². The van der Waals surface area contributed by atoms with Gasteiger partial charge in [0.05, 0.1) is 6.54 Å². The second-order valence-electron chi connectivity index (χ2n) is 3.45. The highest BCUT2D eigenvalue weighted by molar-refractivity contribution is 5.92. The highest BCUT2D eigenvalue weighted by atomic mass is 19.1. The summed E-state index contributed by atoms with van der Waals surface area (Å²) in [6.45, 7) is 0.385. The van der Waals surface area contributed by atoms with Gasteiger partial charge in [-0.25, -0.2) is 4.39 Å². The second-order valence-corrected chi connectivity index (χ2v) is 3.45. The Morgan fingerprint density at radius 1 is 1.35 bits per heavy atom. The largest absolute Gasteiger partial charge is 0.370 e. The number of primary amides is 1. The van der Waals surface area contributed by atoms with Crippen molar-refractivity contribution in [2.45, 2.75) is 6.42 Å². The van der Waals surface area contributed by atoms with Crippen molar-refractivity contribution in [1.29, 1.82) is 0 Å². The molecule has 0 atom stereocenters. The summed E-state index contributed by atoms with van der Waals surface area (Å²) in [5, 5.41) is 5.26. The summed E-state index contributed by atoms with van der Waals surface area (Å²) in [4.78, 5) is 21.8.